The van der Waals surface area contributed by atoms with Gasteiger partial charge in [0.2, 0.25) is 17.7 Å². The number of likely N-dealkylation sites (tertiary alicyclic amines) is 1. The molecule has 4 aliphatic rings. The zero-order valence-corrected chi connectivity index (χ0v) is 30.2. The van der Waals surface area contributed by atoms with Crippen molar-refractivity contribution in [3.8, 4) is 11.6 Å². The van der Waals surface area contributed by atoms with Crippen molar-refractivity contribution in [3.63, 3.8) is 0 Å². The number of amides is 4. The Kier molecular flexibility index (Phi) is 10.5. The average Bonchev–Trinajstić information content (AvgIpc) is 3.40. The summed E-state index contributed by atoms with van der Waals surface area (Å²) < 4.78 is 12.2. The molecule has 1 saturated carbocycles. The van der Waals surface area contributed by atoms with Gasteiger partial charge >= 0.3 is 0 Å². The van der Waals surface area contributed by atoms with E-state index in [4.69, 9.17) is 9.47 Å². The number of nitrogens with one attached hydrogen (secondary N) is 2. The largest absolute Gasteiger partial charge is 0.494 e. The Hall–Kier alpha value is -5.43. The molecule has 54 heavy (non-hydrogen) atoms. The molecule has 2 saturated heterocycles. The van der Waals surface area contributed by atoms with Crippen molar-refractivity contribution >= 4 is 46.2 Å². The normalized spacial score (nSPS) is 21.9. The van der Waals surface area contributed by atoms with Gasteiger partial charge in [0.05, 0.1) is 28.8 Å². The van der Waals surface area contributed by atoms with Crippen LogP contribution in [0.4, 0.5) is 11.5 Å². The van der Waals surface area contributed by atoms with E-state index in [1.165, 1.54) is 19.3 Å². The Bertz CT molecular complexity index is 2040. The monoisotopic (exact) mass is 731 g/mol. The lowest BCUT2D eigenvalue weighted by Gasteiger charge is -2.40. The number of hydrogen-bond acceptors (Lipinski definition) is 11. The van der Waals surface area contributed by atoms with Gasteiger partial charge in [-0.1, -0.05) is 19.3 Å². The number of piperidine rings is 2. The zero-order chi connectivity index (χ0) is 37.0. The van der Waals surface area contributed by atoms with Crippen molar-refractivity contribution in [1.29, 1.82) is 0 Å². The summed E-state index contributed by atoms with van der Waals surface area (Å²) >= 11 is 0. The third-order valence-corrected chi connectivity index (χ3v) is 11.1. The number of aromatic nitrogens is 3. The maximum atomic E-state index is 13.1. The molecule has 3 fully saturated rings. The van der Waals surface area contributed by atoms with Crippen molar-refractivity contribution in [3.05, 3.63) is 78.1 Å². The highest BCUT2D eigenvalue weighted by Gasteiger charge is 2.44. The molecular formula is C41H45N7O6. The van der Waals surface area contributed by atoms with Crippen LogP contribution < -0.4 is 20.1 Å². The Labute approximate surface area is 313 Å². The molecule has 280 valence electrons. The third kappa shape index (κ3) is 8.06. The molecular weight excluding hydrogens is 686 g/mol. The maximum Gasteiger partial charge on any atom is 0.262 e. The van der Waals surface area contributed by atoms with E-state index < -0.39 is 29.7 Å². The topological polar surface area (TPSA) is 156 Å². The fourth-order valence-corrected chi connectivity index (χ4v) is 8.08. The van der Waals surface area contributed by atoms with Gasteiger partial charge in [0.15, 0.2) is 0 Å². The zero-order valence-electron chi connectivity index (χ0n) is 30.2. The molecule has 1 atom stereocenters. The van der Waals surface area contributed by atoms with Crippen molar-refractivity contribution in [2.75, 3.05) is 31.6 Å². The van der Waals surface area contributed by atoms with E-state index in [-0.39, 0.29) is 30.1 Å². The predicted octanol–water partition coefficient (Wildman–Crippen LogP) is 5.68. The van der Waals surface area contributed by atoms with E-state index in [2.05, 4.69) is 30.5 Å². The number of benzene rings is 1. The lowest BCUT2D eigenvalue weighted by atomic mass is 9.81. The number of nitrogens with zero attached hydrogens (tertiary/aromatic N) is 5. The van der Waals surface area contributed by atoms with Crippen LogP contribution in [0.1, 0.15) is 84.9 Å². The van der Waals surface area contributed by atoms with Crippen molar-refractivity contribution in [1.82, 2.24) is 30.1 Å². The molecule has 3 aliphatic heterocycles. The Balaban J connectivity index is 0.690. The number of unbranched alkanes of at least 4 members (excludes halogenated alkanes) is 2. The summed E-state index contributed by atoms with van der Waals surface area (Å²) in [6.45, 7) is 3.98. The summed E-state index contributed by atoms with van der Waals surface area (Å²) in [6.07, 6.45) is 12.9. The maximum absolute atomic E-state index is 13.1. The molecule has 13 heteroatoms. The minimum Gasteiger partial charge on any atom is -0.494 e. The van der Waals surface area contributed by atoms with E-state index in [1.807, 2.05) is 36.4 Å². The van der Waals surface area contributed by atoms with Crippen molar-refractivity contribution in [2.45, 2.75) is 76.4 Å². The van der Waals surface area contributed by atoms with Crippen LogP contribution in [0.3, 0.4) is 0 Å². The van der Waals surface area contributed by atoms with Gasteiger partial charge in [-0.2, -0.15) is 0 Å². The Morgan fingerprint density at radius 1 is 0.815 bits per heavy atom. The number of rotatable bonds is 14. The summed E-state index contributed by atoms with van der Waals surface area (Å²) in [5.74, 6) is 1.31. The molecule has 4 aromatic rings. The van der Waals surface area contributed by atoms with Gasteiger partial charge in [-0.05, 0) is 112 Å². The first-order valence-electron chi connectivity index (χ1n) is 19.2. The van der Waals surface area contributed by atoms with Gasteiger partial charge in [-0.25, -0.2) is 9.97 Å². The number of imide groups is 2. The molecule has 0 spiro atoms. The molecule has 1 aliphatic carbocycles. The Morgan fingerprint density at radius 3 is 2.52 bits per heavy atom. The standard InChI is InChI=1S/C41H45N7O6/c49-37-12-10-35(39(50)46-37)48-40(51)31-8-7-29(24-32(31)41(48)52)53-20-3-1-2-5-26-14-18-47(19-15-26)25-27-21-30(22-27)54-38-23-28(13-17-43-38)44-36-11-9-33-34(45-36)6-4-16-42-33/h4,6-9,11,13,16-17,23-24,26-27,30,35H,1-3,5,10,12,14-15,18-22,25H2,(H,43,44,45)(H,46,49,50). The fourth-order valence-electron chi connectivity index (χ4n) is 8.08. The van der Waals surface area contributed by atoms with E-state index in [0.29, 0.717) is 24.2 Å². The number of fused-ring (bicyclic) bond motifs is 2. The second kappa shape index (κ2) is 15.9. The first kappa shape index (κ1) is 35.6. The van der Waals surface area contributed by atoms with Gasteiger partial charge < -0.3 is 19.7 Å². The summed E-state index contributed by atoms with van der Waals surface area (Å²) in [6, 6.07) is 15.5. The van der Waals surface area contributed by atoms with Gasteiger partial charge in [-0.3, -0.25) is 34.4 Å². The molecule has 8 rings (SSSR count). The van der Waals surface area contributed by atoms with Crippen LogP contribution in [0.15, 0.2) is 67.0 Å². The number of pyridine rings is 3. The first-order chi connectivity index (χ1) is 26.4. The molecule has 13 nitrogen and oxygen atoms in total. The van der Waals surface area contributed by atoms with Crippen LogP contribution in [0.2, 0.25) is 0 Å². The number of hydrogen-bond donors (Lipinski definition) is 2. The highest BCUT2D eigenvalue weighted by molar-refractivity contribution is 6.23. The van der Waals surface area contributed by atoms with E-state index in [1.54, 1.807) is 30.6 Å². The van der Waals surface area contributed by atoms with Crippen LogP contribution in [-0.4, -0.2) is 86.8 Å². The second-order valence-electron chi connectivity index (χ2n) is 14.9. The van der Waals surface area contributed by atoms with Crippen LogP contribution >= 0.6 is 0 Å². The number of carbonyl (C=O) groups excluding carboxylic acids is 4. The van der Waals surface area contributed by atoms with Crippen LogP contribution in [0.25, 0.3) is 11.0 Å². The Morgan fingerprint density at radius 2 is 1.67 bits per heavy atom. The lowest BCUT2D eigenvalue weighted by molar-refractivity contribution is -0.136. The fraction of sp³-hybridized carbons (Fsp3) is 0.439. The summed E-state index contributed by atoms with van der Waals surface area (Å²) in [5.41, 5.74) is 3.09. The summed E-state index contributed by atoms with van der Waals surface area (Å²) in [4.78, 5) is 66.8. The van der Waals surface area contributed by atoms with E-state index in [0.717, 1.165) is 85.1 Å². The van der Waals surface area contributed by atoms with Gasteiger partial charge in [0.1, 0.15) is 23.7 Å². The average molecular weight is 732 g/mol. The minimum atomic E-state index is -0.973. The van der Waals surface area contributed by atoms with Crippen molar-refractivity contribution in [2.24, 2.45) is 11.8 Å². The van der Waals surface area contributed by atoms with Crippen molar-refractivity contribution < 1.29 is 28.7 Å². The smallest absolute Gasteiger partial charge is 0.262 e. The predicted molar refractivity (Wildman–Crippen MR) is 200 cm³/mol. The molecule has 2 N–H and O–H groups in total. The molecule has 1 aromatic carbocycles. The molecule has 4 amide bonds. The number of carbonyl (C=O) groups is 4. The second-order valence-corrected chi connectivity index (χ2v) is 14.9. The highest BCUT2D eigenvalue weighted by atomic mass is 16.5. The highest BCUT2D eigenvalue weighted by Crippen LogP contribution is 2.34. The molecule has 1 unspecified atom stereocenters. The van der Waals surface area contributed by atoms with Gasteiger partial charge in [0, 0.05) is 37.1 Å². The minimum absolute atomic E-state index is 0.0925. The van der Waals surface area contributed by atoms with Gasteiger partial charge in [0.25, 0.3) is 11.8 Å². The van der Waals surface area contributed by atoms with Crippen LogP contribution in [0.5, 0.6) is 11.6 Å². The molecule has 0 radical (unpaired) electrons. The summed E-state index contributed by atoms with van der Waals surface area (Å²) in [7, 11) is 0. The quantitative estimate of drug-likeness (QED) is 0.122. The molecule has 0 bridgehead atoms. The van der Waals surface area contributed by atoms with Gasteiger partial charge in [-0.15, -0.1) is 0 Å². The van der Waals surface area contributed by atoms with E-state index in [9.17, 15) is 19.2 Å². The third-order valence-electron chi connectivity index (χ3n) is 11.1. The van der Waals surface area contributed by atoms with E-state index >= 15 is 0 Å². The summed E-state index contributed by atoms with van der Waals surface area (Å²) in [5, 5.41) is 5.57. The number of ether oxygens (including phenoxy) is 2. The first-order valence-corrected chi connectivity index (χ1v) is 19.2. The molecule has 3 aromatic heterocycles. The lowest BCUT2D eigenvalue weighted by Crippen LogP contribution is -2.54. The van der Waals surface area contributed by atoms with Crippen LogP contribution in [-0.2, 0) is 9.59 Å². The molecule has 6 heterocycles. The van der Waals surface area contributed by atoms with Crippen LogP contribution in [0, 0.1) is 11.8 Å². The number of anilines is 2. The SMILES string of the molecule is O=C1CCC(N2C(=O)c3ccc(OCCCCCC4CCN(CC5CC(Oc6cc(Nc7ccc8ncccc8n7)ccn6)C5)CC4)cc3C2=O)C(=O)N1.